The van der Waals surface area contributed by atoms with Gasteiger partial charge in [-0.05, 0) is 32.8 Å². The molecule has 7 nitrogen and oxygen atoms in total. The van der Waals surface area contributed by atoms with E-state index in [2.05, 4.69) is 10.4 Å². The molecule has 1 saturated carbocycles. The number of hydrogen-bond acceptors (Lipinski definition) is 5. The van der Waals surface area contributed by atoms with Gasteiger partial charge in [-0.2, -0.15) is 5.10 Å². The Hall–Kier alpha value is -2.70. The highest BCUT2D eigenvalue weighted by atomic mass is 16.5. The summed E-state index contributed by atoms with van der Waals surface area (Å²) in [5.74, 6) is -1.04. The van der Waals surface area contributed by atoms with Crippen molar-refractivity contribution in [3.05, 3.63) is 40.3 Å². The van der Waals surface area contributed by atoms with E-state index in [4.69, 9.17) is 4.74 Å². The quantitative estimate of drug-likeness (QED) is 0.834. The number of ether oxygens (including phenoxy) is 1. The first-order valence-corrected chi connectivity index (χ1v) is 8.02. The third-order valence-corrected chi connectivity index (χ3v) is 3.94. The van der Waals surface area contributed by atoms with Gasteiger partial charge in [0.2, 0.25) is 0 Å². The summed E-state index contributed by atoms with van der Waals surface area (Å²) in [5.41, 5.74) is -0.220. The zero-order valence-corrected chi connectivity index (χ0v) is 13.6. The van der Waals surface area contributed by atoms with Gasteiger partial charge in [-0.3, -0.25) is 9.59 Å². The molecular weight excluding hydrogens is 310 g/mol. The minimum Gasteiger partial charge on any atom is -0.448 e. The molecule has 1 aromatic carbocycles. The fourth-order valence-corrected chi connectivity index (χ4v) is 2.42. The van der Waals surface area contributed by atoms with Crippen molar-refractivity contribution in [2.24, 2.45) is 0 Å². The van der Waals surface area contributed by atoms with Gasteiger partial charge in [-0.15, -0.1) is 0 Å². The van der Waals surface area contributed by atoms with E-state index in [1.54, 1.807) is 31.2 Å². The fraction of sp³-hybridized carbons (Fsp3) is 0.412. The van der Waals surface area contributed by atoms with Gasteiger partial charge in [0.15, 0.2) is 11.8 Å². The third kappa shape index (κ3) is 3.15. The summed E-state index contributed by atoms with van der Waals surface area (Å²) in [6.07, 6.45) is 1.00. The van der Waals surface area contributed by atoms with Gasteiger partial charge in [-0.1, -0.05) is 18.2 Å². The molecule has 0 aliphatic heterocycles. The van der Waals surface area contributed by atoms with E-state index in [-0.39, 0.29) is 23.2 Å². The molecule has 126 valence electrons. The first-order chi connectivity index (χ1) is 11.5. The van der Waals surface area contributed by atoms with Crippen LogP contribution in [0.15, 0.2) is 29.1 Å². The number of amides is 1. The number of carbonyl (C=O) groups excluding carboxylic acids is 2. The standard InChI is InChI=1S/C17H19N3O4/c1-3-20-16(22)13-7-5-4-6-12(13)14(19-20)17(23)24-10(2)15(21)18-11-8-9-11/h4-7,10-11H,3,8-9H2,1-2H3,(H,18,21)/t10-/m1/s1. The summed E-state index contributed by atoms with van der Waals surface area (Å²) in [4.78, 5) is 36.7. The van der Waals surface area contributed by atoms with E-state index in [0.29, 0.717) is 17.3 Å². The van der Waals surface area contributed by atoms with E-state index in [1.165, 1.54) is 11.6 Å². The lowest BCUT2D eigenvalue weighted by Crippen LogP contribution is -2.37. The Bertz CT molecular complexity index is 855. The molecule has 1 heterocycles. The molecule has 7 heteroatoms. The molecule has 0 unspecified atom stereocenters. The average molecular weight is 329 g/mol. The molecule has 0 radical (unpaired) electrons. The van der Waals surface area contributed by atoms with Crippen LogP contribution in [0, 0.1) is 0 Å². The summed E-state index contributed by atoms with van der Waals surface area (Å²) in [7, 11) is 0. The van der Waals surface area contributed by atoms with Gasteiger partial charge in [0, 0.05) is 18.0 Å². The monoisotopic (exact) mass is 329 g/mol. The van der Waals surface area contributed by atoms with E-state index in [1.807, 2.05) is 0 Å². The van der Waals surface area contributed by atoms with Crippen LogP contribution in [0.25, 0.3) is 10.8 Å². The molecule has 0 bridgehead atoms. The topological polar surface area (TPSA) is 90.3 Å². The molecule has 2 aromatic rings. The number of benzene rings is 1. The van der Waals surface area contributed by atoms with E-state index < -0.39 is 12.1 Å². The van der Waals surface area contributed by atoms with E-state index in [9.17, 15) is 14.4 Å². The molecule has 0 spiro atoms. The van der Waals surface area contributed by atoms with Gasteiger partial charge < -0.3 is 10.1 Å². The lowest BCUT2D eigenvalue weighted by molar-refractivity contribution is -0.129. The number of hydrogen-bond donors (Lipinski definition) is 1. The predicted molar refractivity (Wildman–Crippen MR) is 87.7 cm³/mol. The second kappa shape index (κ2) is 6.43. The van der Waals surface area contributed by atoms with Crippen LogP contribution in [0.1, 0.15) is 37.2 Å². The van der Waals surface area contributed by atoms with Crippen LogP contribution in [0.2, 0.25) is 0 Å². The van der Waals surface area contributed by atoms with Crippen LogP contribution in [0.3, 0.4) is 0 Å². The Morgan fingerprint density at radius 2 is 2.00 bits per heavy atom. The maximum absolute atomic E-state index is 12.5. The second-order valence-corrected chi connectivity index (χ2v) is 5.85. The molecular formula is C17H19N3O4. The van der Waals surface area contributed by atoms with Crippen molar-refractivity contribution in [1.82, 2.24) is 15.1 Å². The van der Waals surface area contributed by atoms with Crippen molar-refractivity contribution in [1.29, 1.82) is 0 Å². The van der Waals surface area contributed by atoms with Crippen LogP contribution in [-0.2, 0) is 16.1 Å². The molecule has 1 fully saturated rings. The lowest BCUT2D eigenvalue weighted by atomic mass is 10.1. The Morgan fingerprint density at radius 1 is 1.33 bits per heavy atom. The van der Waals surface area contributed by atoms with Crippen molar-refractivity contribution in [3.8, 4) is 0 Å². The van der Waals surface area contributed by atoms with Crippen LogP contribution < -0.4 is 10.9 Å². The highest BCUT2D eigenvalue weighted by Crippen LogP contribution is 2.19. The van der Waals surface area contributed by atoms with Crippen molar-refractivity contribution in [3.63, 3.8) is 0 Å². The molecule has 1 N–H and O–H groups in total. The van der Waals surface area contributed by atoms with Crippen molar-refractivity contribution >= 4 is 22.6 Å². The SMILES string of the molecule is CCn1nc(C(=O)O[C@H](C)C(=O)NC2CC2)c2ccccc2c1=O. The molecule has 1 aliphatic carbocycles. The van der Waals surface area contributed by atoms with Gasteiger partial charge in [0.05, 0.1) is 5.39 Å². The minimum atomic E-state index is -0.916. The highest BCUT2D eigenvalue weighted by molar-refractivity contribution is 6.02. The Kier molecular flexibility index (Phi) is 4.33. The smallest absolute Gasteiger partial charge is 0.360 e. The average Bonchev–Trinajstić information content (AvgIpc) is 3.39. The summed E-state index contributed by atoms with van der Waals surface area (Å²) < 4.78 is 6.46. The number of aryl methyl sites for hydroxylation is 1. The number of nitrogens with zero attached hydrogens (tertiary/aromatic N) is 2. The van der Waals surface area contributed by atoms with Crippen LogP contribution >= 0.6 is 0 Å². The van der Waals surface area contributed by atoms with Crippen LogP contribution in [0.4, 0.5) is 0 Å². The predicted octanol–water partition coefficient (Wildman–Crippen LogP) is 1.24. The summed E-state index contributed by atoms with van der Waals surface area (Å²) in [6, 6.07) is 6.94. The Balaban J connectivity index is 1.90. The molecule has 1 aliphatic rings. The first kappa shape index (κ1) is 16.2. The number of aromatic nitrogens is 2. The van der Waals surface area contributed by atoms with Gasteiger partial charge in [0.1, 0.15) is 0 Å². The van der Waals surface area contributed by atoms with Crippen LogP contribution in [0.5, 0.6) is 0 Å². The molecule has 1 amide bonds. The molecule has 24 heavy (non-hydrogen) atoms. The highest BCUT2D eigenvalue weighted by Gasteiger charge is 2.28. The lowest BCUT2D eigenvalue weighted by Gasteiger charge is -2.14. The van der Waals surface area contributed by atoms with E-state index in [0.717, 1.165) is 12.8 Å². The maximum Gasteiger partial charge on any atom is 0.360 e. The first-order valence-electron chi connectivity index (χ1n) is 8.02. The molecule has 3 rings (SSSR count). The summed E-state index contributed by atoms with van der Waals surface area (Å²) in [6.45, 7) is 3.62. The minimum absolute atomic E-state index is 0.0399. The number of nitrogens with one attached hydrogen (secondary N) is 1. The zero-order chi connectivity index (χ0) is 17.3. The van der Waals surface area contributed by atoms with E-state index >= 15 is 0 Å². The number of esters is 1. The molecule has 1 atom stereocenters. The maximum atomic E-state index is 12.5. The normalized spacial score (nSPS) is 15.1. The fourth-order valence-electron chi connectivity index (χ4n) is 2.42. The van der Waals surface area contributed by atoms with Crippen molar-refractivity contribution in [2.75, 3.05) is 0 Å². The van der Waals surface area contributed by atoms with Gasteiger partial charge in [0.25, 0.3) is 11.5 Å². The largest absolute Gasteiger partial charge is 0.448 e. The Morgan fingerprint density at radius 3 is 2.62 bits per heavy atom. The van der Waals surface area contributed by atoms with Crippen molar-refractivity contribution < 1.29 is 14.3 Å². The summed E-state index contributed by atoms with van der Waals surface area (Å²) >= 11 is 0. The Labute approximate surface area is 138 Å². The zero-order valence-electron chi connectivity index (χ0n) is 13.6. The third-order valence-electron chi connectivity index (χ3n) is 3.94. The number of carbonyl (C=O) groups is 2. The summed E-state index contributed by atoms with van der Waals surface area (Å²) in [5, 5.41) is 7.71. The van der Waals surface area contributed by atoms with Gasteiger partial charge >= 0.3 is 5.97 Å². The molecule has 1 aromatic heterocycles. The second-order valence-electron chi connectivity index (χ2n) is 5.85. The van der Waals surface area contributed by atoms with Gasteiger partial charge in [-0.25, -0.2) is 9.48 Å². The number of rotatable bonds is 5. The molecule has 0 saturated heterocycles. The van der Waals surface area contributed by atoms with Crippen molar-refractivity contribution in [2.45, 2.75) is 45.4 Å². The van der Waals surface area contributed by atoms with Crippen LogP contribution in [-0.4, -0.2) is 33.8 Å². The number of fused-ring (bicyclic) bond motifs is 1.